The molecule has 1 heterocycles. The number of hydrogen-bond donors (Lipinski definition) is 1. The molecule has 1 aromatic carbocycles. The number of hydrogen-bond acceptors (Lipinski definition) is 4. The Morgan fingerprint density at radius 3 is 2.12 bits per heavy atom. The van der Waals surface area contributed by atoms with Gasteiger partial charge in [-0.05, 0) is 76.0 Å². The van der Waals surface area contributed by atoms with Gasteiger partial charge in [0.25, 0.3) is 0 Å². The third-order valence-electron chi connectivity index (χ3n) is 3.45. The van der Waals surface area contributed by atoms with E-state index in [2.05, 4.69) is 10.3 Å². The summed E-state index contributed by atoms with van der Waals surface area (Å²) in [5, 5.41) is 13.0. The number of benzene rings is 1. The second-order valence-corrected chi connectivity index (χ2v) is 6.77. The maximum Gasteiger partial charge on any atom is 2.00 e. The minimum Gasteiger partial charge on any atom is -0.225 e. The van der Waals surface area contributed by atoms with Gasteiger partial charge < -0.3 is 0 Å². The van der Waals surface area contributed by atoms with Gasteiger partial charge in [0.2, 0.25) is 10.0 Å². The number of aromatic nitrogens is 3. The van der Waals surface area contributed by atoms with Crippen LogP contribution in [0.25, 0.3) is 5.69 Å². The van der Waals surface area contributed by atoms with E-state index in [9.17, 15) is 8.42 Å². The molecule has 2 aromatic rings. The van der Waals surface area contributed by atoms with Gasteiger partial charge in [-0.25, -0.2) is 18.2 Å². The third kappa shape index (κ3) is 5.39. The summed E-state index contributed by atoms with van der Waals surface area (Å²) in [6.07, 6.45) is 19.3. The second-order valence-electron chi connectivity index (χ2n) is 5.21. The molecule has 2 N–H and O–H groups in total. The third-order valence-corrected chi connectivity index (χ3v) is 4.37. The summed E-state index contributed by atoms with van der Waals surface area (Å²) in [7, 11) is -3.74. The Morgan fingerprint density at radius 2 is 1.54 bits per heavy atom. The first-order valence-electron chi connectivity index (χ1n) is 7.48. The summed E-state index contributed by atoms with van der Waals surface area (Å²) in [5.41, 5.74) is 1.37. The molecule has 2 aliphatic rings. The van der Waals surface area contributed by atoms with E-state index in [1.165, 1.54) is 12.1 Å². The van der Waals surface area contributed by atoms with Crippen LogP contribution < -0.4 is 5.14 Å². The number of primary sulfonamides is 1. The Balaban J connectivity index is 0.000000351. The van der Waals surface area contributed by atoms with Crippen molar-refractivity contribution in [1.29, 1.82) is 0 Å². The van der Waals surface area contributed by atoms with E-state index in [1.54, 1.807) is 23.0 Å². The van der Waals surface area contributed by atoms with Crippen molar-refractivity contribution in [2.24, 2.45) is 5.14 Å². The summed E-state index contributed by atoms with van der Waals surface area (Å²) >= 11 is 0. The Kier molecular flexibility index (Phi) is 7.83. The zero-order chi connectivity index (χ0) is 17.7. The first-order valence-corrected chi connectivity index (χ1v) is 9.03. The fourth-order valence-electron chi connectivity index (χ4n) is 2.28. The monoisotopic (exact) mass is 408 g/mol. The predicted octanol–water partition coefficient (Wildman–Crippen LogP) is 1.69. The van der Waals surface area contributed by atoms with Crippen molar-refractivity contribution >= 4 is 10.0 Å². The molecule has 26 heavy (non-hydrogen) atoms. The summed E-state index contributed by atoms with van der Waals surface area (Å²) in [4.78, 5) is 0.0407. The van der Waals surface area contributed by atoms with Crippen LogP contribution in [0, 0.1) is 63.7 Å². The van der Waals surface area contributed by atoms with Crippen LogP contribution in [-0.4, -0.2) is 23.4 Å². The Morgan fingerprint density at radius 1 is 0.923 bits per heavy atom. The van der Waals surface area contributed by atoms with Gasteiger partial charge in [0.05, 0.1) is 22.5 Å². The molecule has 0 saturated heterocycles. The molecular formula is C18H16FeN4O2S+2. The molecule has 1 aromatic heterocycles. The molecule has 0 bridgehead atoms. The average Bonchev–Trinajstić information content (AvgIpc) is 3.37. The van der Waals surface area contributed by atoms with E-state index in [0.29, 0.717) is 5.69 Å². The van der Waals surface area contributed by atoms with Gasteiger partial charge in [0, 0.05) is 5.92 Å². The van der Waals surface area contributed by atoms with Crippen molar-refractivity contribution in [1.82, 2.24) is 15.0 Å². The van der Waals surface area contributed by atoms with E-state index >= 15 is 0 Å². The number of nitrogens with zero attached hydrogens (tertiary/aromatic N) is 3. The van der Waals surface area contributed by atoms with Gasteiger partial charge in [0.15, 0.2) is 0 Å². The van der Waals surface area contributed by atoms with Crippen LogP contribution in [0.5, 0.6) is 0 Å². The first kappa shape index (κ1) is 21.1. The van der Waals surface area contributed by atoms with Crippen LogP contribution in [0.3, 0.4) is 0 Å². The molecule has 0 spiro atoms. The van der Waals surface area contributed by atoms with Crippen molar-refractivity contribution < 1.29 is 25.5 Å². The van der Waals surface area contributed by atoms with E-state index in [0.717, 1.165) is 11.6 Å². The molecule has 4 rings (SSSR count). The molecule has 8 heteroatoms. The van der Waals surface area contributed by atoms with E-state index in [4.69, 9.17) is 5.14 Å². The van der Waals surface area contributed by atoms with Crippen molar-refractivity contribution in [2.75, 3.05) is 0 Å². The quantitative estimate of drug-likeness (QED) is 0.783. The largest absolute Gasteiger partial charge is 2.00 e. The number of rotatable bonds is 3. The minimum atomic E-state index is -3.74. The Hall–Kier alpha value is -1.21. The van der Waals surface area contributed by atoms with E-state index in [-0.39, 0.29) is 22.0 Å². The molecule has 10 radical (unpaired) electrons. The maximum atomic E-state index is 11.4. The fraction of sp³-hybridized carbons (Fsp3) is 0. The maximum absolute atomic E-state index is 11.4. The molecule has 0 atom stereocenters. The van der Waals surface area contributed by atoms with Crippen LogP contribution in [0.1, 0.15) is 5.69 Å². The van der Waals surface area contributed by atoms with E-state index in [1.807, 2.05) is 57.8 Å². The fourth-order valence-corrected chi connectivity index (χ4v) is 2.83. The van der Waals surface area contributed by atoms with Crippen LogP contribution in [0.15, 0.2) is 35.4 Å². The van der Waals surface area contributed by atoms with Gasteiger partial charge in [-0.3, -0.25) is 0 Å². The van der Waals surface area contributed by atoms with Crippen molar-refractivity contribution in [2.45, 2.75) is 4.90 Å². The molecule has 0 amide bonds. The van der Waals surface area contributed by atoms with Crippen molar-refractivity contribution in [3.63, 3.8) is 0 Å². The summed E-state index contributed by atoms with van der Waals surface area (Å²) in [6.45, 7) is 0. The normalized spacial score (nSPS) is 17.4. The molecule has 2 saturated carbocycles. The SMILES string of the molecule is NS(=O)(=O)c1cccc(-n2nncc2[C]2[CH][CH][CH][CH]2)c1.[CH]1[CH][CH][CH][CH]1.[Fe+2]. The topological polar surface area (TPSA) is 90.9 Å². The molecule has 6 nitrogen and oxygen atoms in total. The molecule has 0 unspecified atom stereocenters. The summed E-state index contributed by atoms with van der Waals surface area (Å²) < 4.78 is 24.4. The van der Waals surface area contributed by atoms with Crippen LogP contribution in [-0.2, 0) is 27.1 Å². The molecule has 2 aliphatic carbocycles. The van der Waals surface area contributed by atoms with Crippen LogP contribution in [0.2, 0.25) is 0 Å². The van der Waals surface area contributed by atoms with Gasteiger partial charge in [0.1, 0.15) is 0 Å². The number of sulfonamides is 1. The van der Waals surface area contributed by atoms with Crippen molar-refractivity contribution in [3.8, 4) is 5.69 Å². The molecule has 2 fully saturated rings. The van der Waals surface area contributed by atoms with Gasteiger partial charge in [-0.2, -0.15) is 0 Å². The van der Waals surface area contributed by atoms with Crippen molar-refractivity contribution in [3.05, 3.63) is 99.9 Å². The first-order chi connectivity index (χ1) is 12.1. The average molecular weight is 408 g/mol. The predicted molar refractivity (Wildman–Crippen MR) is 93.8 cm³/mol. The summed E-state index contributed by atoms with van der Waals surface area (Å²) in [6, 6.07) is 6.27. The number of nitrogens with two attached hydrogens (primary N) is 1. The molecule has 132 valence electrons. The molecule has 0 aliphatic heterocycles. The van der Waals surface area contributed by atoms with Gasteiger partial charge in [-0.1, -0.05) is 11.3 Å². The second kappa shape index (κ2) is 9.65. The smallest absolute Gasteiger partial charge is 0.225 e. The van der Waals surface area contributed by atoms with E-state index < -0.39 is 10.0 Å². The molecular weight excluding hydrogens is 392 g/mol. The van der Waals surface area contributed by atoms with Gasteiger partial charge in [-0.15, -0.1) is 5.10 Å². The Bertz CT molecular complexity index is 789. The van der Waals surface area contributed by atoms with Gasteiger partial charge >= 0.3 is 17.1 Å². The zero-order valence-electron chi connectivity index (χ0n) is 13.6. The summed E-state index contributed by atoms with van der Waals surface area (Å²) in [5.74, 6) is 0.955. The standard InChI is InChI=1S/C13H11N4O2S.C5H5.Fe/c14-20(18,19)12-7-3-6-11(8-12)17-13(9-15-16-17)10-4-1-2-5-10;1-2-4-5-3-1;/h1-9H,(H2,14,18,19);1-5H;/q;;+2. The minimum absolute atomic E-state index is 0. The Labute approximate surface area is 166 Å². The zero-order valence-corrected chi connectivity index (χ0v) is 15.5. The van der Waals surface area contributed by atoms with Crippen LogP contribution >= 0.6 is 0 Å². The van der Waals surface area contributed by atoms with Crippen LogP contribution in [0.4, 0.5) is 0 Å².